The molecule has 0 bridgehead atoms. The third-order valence-electron chi connectivity index (χ3n) is 12.4. The lowest BCUT2D eigenvalue weighted by Gasteiger charge is -2.27. The van der Waals surface area contributed by atoms with Crippen molar-refractivity contribution in [1.82, 2.24) is 0 Å². The van der Waals surface area contributed by atoms with Crippen LogP contribution in [-0.2, 0) is 0 Å². The van der Waals surface area contributed by atoms with Crippen molar-refractivity contribution in [2.24, 2.45) is 0 Å². The molecule has 0 saturated carbocycles. The summed E-state index contributed by atoms with van der Waals surface area (Å²) >= 11 is 1.87. The molecule has 0 N–H and O–H groups in total. The highest BCUT2D eigenvalue weighted by Crippen LogP contribution is 2.43. The van der Waals surface area contributed by atoms with Gasteiger partial charge in [-0.25, -0.2) is 0 Å². The second-order valence-electron chi connectivity index (χ2n) is 16.1. The Hall–Kier alpha value is -7.78. The van der Waals surface area contributed by atoms with Crippen LogP contribution in [0.4, 0.5) is 17.1 Å². The van der Waals surface area contributed by atoms with Gasteiger partial charge in [0, 0.05) is 37.2 Å². The topological polar surface area (TPSA) is 3.24 Å². The smallest absolute Gasteiger partial charge is 0.0468 e. The van der Waals surface area contributed by atoms with E-state index in [0.29, 0.717) is 0 Å². The molecule has 0 fully saturated rings. The zero-order chi connectivity index (χ0) is 41.0. The van der Waals surface area contributed by atoms with Crippen LogP contribution in [0.5, 0.6) is 0 Å². The molecular weight excluding hydrogens is 767 g/mol. The fraction of sp³-hybridized carbons (Fsp3) is 0. The Morgan fingerprint density at radius 2 is 0.742 bits per heavy atom. The van der Waals surface area contributed by atoms with Crippen LogP contribution in [0.1, 0.15) is 0 Å². The first kappa shape index (κ1) is 36.1. The van der Waals surface area contributed by atoms with E-state index in [1.165, 1.54) is 97.0 Å². The minimum absolute atomic E-state index is 1.09. The van der Waals surface area contributed by atoms with Crippen LogP contribution in [0.15, 0.2) is 237 Å². The summed E-state index contributed by atoms with van der Waals surface area (Å²) in [6.07, 6.45) is 0. The van der Waals surface area contributed by atoms with Crippen LogP contribution in [-0.4, -0.2) is 0 Å². The van der Waals surface area contributed by atoms with E-state index in [-0.39, 0.29) is 0 Å². The zero-order valence-electron chi connectivity index (χ0n) is 33.9. The molecule has 0 aliphatic carbocycles. The van der Waals surface area contributed by atoms with Crippen LogP contribution < -0.4 is 4.90 Å². The molecule has 0 amide bonds. The van der Waals surface area contributed by atoms with Crippen LogP contribution in [0.25, 0.3) is 97.0 Å². The number of benzene rings is 11. The molecule has 1 heterocycles. The molecule has 0 saturated heterocycles. The number of thiophene rings is 1. The van der Waals surface area contributed by atoms with Crippen molar-refractivity contribution >= 4 is 80.9 Å². The Balaban J connectivity index is 0.984. The second kappa shape index (κ2) is 15.0. The van der Waals surface area contributed by atoms with Crippen LogP contribution in [0, 0.1) is 0 Å². The predicted molar refractivity (Wildman–Crippen MR) is 268 cm³/mol. The highest BCUT2D eigenvalue weighted by molar-refractivity contribution is 7.25. The molecule has 12 aromatic rings. The van der Waals surface area contributed by atoms with Gasteiger partial charge in [-0.3, -0.25) is 0 Å². The molecule has 0 spiro atoms. The Labute approximate surface area is 365 Å². The van der Waals surface area contributed by atoms with Gasteiger partial charge < -0.3 is 4.90 Å². The maximum absolute atomic E-state index is 2.39. The molecule has 1 aromatic heterocycles. The summed E-state index contributed by atoms with van der Waals surface area (Å²) in [5, 5.41) is 10.2. The van der Waals surface area contributed by atoms with Crippen molar-refractivity contribution in [3.05, 3.63) is 237 Å². The molecular formula is C60H39NS. The Morgan fingerprint density at radius 3 is 1.47 bits per heavy atom. The number of hydrogen-bond donors (Lipinski definition) is 0. The van der Waals surface area contributed by atoms with Crippen molar-refractivity contribution in [2.45, 2.75) is 0 Å². The highest BCUT2D eigenvalue weighted by atomic mass is 32.1. The van der Waals surface area contributed by atoms with Crippen molar-refractivity contribution in [3.8, 4) is 44.5 Å². The number of hydrogen-bond acceptors (Lipinski definition) is 2. The summed E-state index contributed by atoms with van der Waals surface area (Å²) in [5.74, 6) is 0. The molecule has 290 valence electrons. The van der Waals surface area contributed by atoms with Gasteiger partial charge in [0.15, 0.2) is 0 Å². The van der Waals surface area contributed by atoms with Crippen molar-refractivity contribution < 1.29 is 0 Å². The van der Waals surface area contributed by atoms with Gasteiger partial charge in [0.1, 0.15) is 0 Å². The third kappa shape index (κ3) is 6.41. The summed E-state index contributed by atoms with van der Waals surface area (Å²) in [7, 11) is 0. The fourth-order valence-electron chi connectivity index (χ4n) is 9.27. The first-order valence-electron chi connectivity index (χ1n) is 21.2. The van der Waals surface area contributed by atoms with Gasteiger partial charge in [-0.2, -0.15) is 0 Å². The summed E-state index contributed by atoms with van der Waals surface area (Å²) in [5.41, 5.74) is 12.9. The van der Waals surface area contributed by atoms with Crippen LogP contribution in [0.3, 0.4) is 0 Å². The van der Waals surface area contributed by atoms with Gasteiger partial charge in [-0.05, 0) is 144 Å². The summed E-state index contributed by atoms with van der Waals surface area (Å²) in [4.78, 5) is 2.39. The number of anilines is 3. The second-order valence-corrected chi connectivity index (χ2v) is 17.2. The normalized spacial score (nSPS) is 11.5. The molecule has 0 aliphatic heterocycles. The van der Waals surface area contributed by atoms with Crippen LogP contribution in [0.2, 0.25) is 0 Å². The van der Waals surface area contributed by atoms with Crippen molar-refractivity contribution in [1.29, 1.82) is 0 Å². The van der Waals surface area contributed by atoms with Gasteiger partial charge in [-0.1, -0.05) is 170 Å². The number of rotatable bonds is 7. The summed E-state index contributed by atoms with van der Waals surface area (Å²) < 4.78 is 2.64. The number of nitrogens with zero attached hydrogens (tertiary/aromatic N) is 1. The monoisotopic (exact) mass is 805 g/mol. The van der Waals surface area contributed by atoms with E-state index >= 15 is 0 Å². The van der Waals surface area contributed by atoms with E-state index in [1.807, 2.05) is 11.3 Å². The number of fused-ring (bicyclic) bond motifs is 7. The maximum atomic E-state index is 2.39. The molecule has 11 aromatic carbocycles. The van der Waals surface area contributed by atoms with E-state index in [1.54, 1.807) is 0 Å². The van der Waals surface area contributed by atoms with E-state index in [0.717, 1.165) is 17.1 Å². The minimum Gasteiger partial charge on any atom is -0.310 e. The maximum Gasteiger partial charge on any atom is 0.0468 e. The lowest BCUT2D eigenvalue weighted by atomic mass is 9.91. The molecule has 2 heteroatoms. The first-order valence-corrected chi connectivity index (χ1v) is 22.0. The zero-order valence-corrected chi connectivity index (χ0v) is 34.7. The molecule has 0 radical (unpaired) electrons. The third-order valence-corrected chi connectivity index (χ3v) is 13.6. The fourth-order valence-corrected chi connectivity index (χ4v) is 10.4. The van der Waals surface area contributed by atoms with E-state index in [4.69, 9.17) is 0 Å². The Kier molecular flexibility index (Phi) is 8.76. The largest absolute Gasteiger partial charge is 0.310 e. The first-order chi connectivity index (χ1) is 30.7. The van der Waals surface area contributed by atoms with E-state index in [2.05, 4.69) is 241 Å². The molecule has 0 unspecified atom stereocenters. The molecule has 62 heavy (non-hydrogen) atoms. The van der Waals surface area contributed by atoms with Crippen LogP contribution >= 0.6 is 11.3 Å². The average Bonchev–Trinajstić information content (AvgIpc) is 3.70. The lowest BCUT2D eigenvalue weighted by Crippen LogP contribution is -2.10. The Morgan fingerprint density at radius 1 is 0.242 bits per heavy atom. The van der Waals surface area contributed by atoms with Gasteiger partial charge in [0.25, 0.3) is 0 Å². The molecule has 0 atom stereocenters. The summed E-state index contributed by atoms with van der Waals surface area (Å²) in [6.45, 7) is 0. The van der Waals surface area contributed by atoms with E-state index < -0.39 is 0 Å². The highest BCUT2D eigenvalue weighted by Gasteiger charge is 2.18. The summed E-state index contributed by atoms with van der Waals surface area (Å²) in [6, 6.07) is 86.8. The average molecular weight is 806 g/mol. The van der Waals surface area contributed by atoms with Crippen molar-refractivity contribution in [3.63, 3.8) is 0 Å². The van der Waals surface area contributed by atoms with Gasteiger partial charge >= 0.3 is 0 Å². The minimum atomic E-state index is 1.09. The van der Waals surface area contributed by atoms with Gasteiger partial charge in [-0.15, -0.1) is 11.3 Å². The molecule has 12 rings (SSSR count). The SMILES string of the molecule is c1ccc(-c2ccc(N(c3ccc(-c4ccc5sc6cc7ccccc7cc6c5c4)cc3)c3ccc(-c4ccc5ccc6ccccc6c5c4)c(-c4ccccc4)c3)cc2)cc1. The molecule has 1 nitrogen and oxygen atoms in total. The lowest BCUT2D eigenvalue weighted by molar-refractivity contribution is 1.28. The predicted octanol–water partition coefficient (Wildman–Crippen LogP) is 17.7. The molecule has 0 aliphatic rings. The van der Waals surface area contributed by atoms with Gasteiger partial charge in [0.05, 0.1) is 0 Å². The van der Waals surface area contributed by atoms with Gasteiger partial charge in [0.2, 0.25) is 0 Å². The van der Waals surface area contributed by atoms with Crippen molar-refractivity contribution in [2.75, 3.05) is 4.90 Å². The quantitative estimate of drug-likeness (QED) is 0.145. The standard InChI is InChI=1S/C60H39NS/c1-3-11-40(12-4-1)41-23-28-50(29-24-41)61(51-30-25-42(26-31-51)48-27-34-59-57(36-48)58-35-46-16-7-8-17-47(46)38-60(58)62-59)52-32-33-54(56(39-52)43-13-5-2-6-14-43)49-22-21-45-20-19-44-15-9-10-18-53(44)55(45)37-49/h1-39H. The Bertz CT molecular complexity index is 3610. The van der Waals surface area contributed by atoms with E-state index in [9.17, 15) is 0 Å².